The summed E-state index contributed by atoms with van der Waals surface area (Å²) in [5.74, 6) is 1.11. The van der Waals surface area contributed by atoms with Crippen LogP contribution in [0.25, 0.3) is 0 Å². The van der Waals surface area contributed by atoms with Crippen LogP contribution in [-0.4, -0.2) is 0 Å². The molecule has 1 aliphatic rings. The van der Waals surface area contributed by atoms with Gasteiger partial charge in [0.05, 0.1) is 6.07 Å². The van der Waals surface area contributed by atoms with Crippen LogP contribution < -0.4 is 0 Å². The standard InChI is InChI=1S/C5H7N/c1-4-2-5(4)3-6/h4-5H,2H2,1H3/t4-,5?/m1/s1. The van der Waals surface area contributed by atoms with Crippen molar-refractivity contribution in [2.45, 2.75) is 13.3 Å². The third-order valence-corrected chi connectivity index (χ3v) is 1.28. The van der Waals surface area contributed by atoms with Crippen molar-refractivity contribution in [2.75, 3.05) is 0 Å². The average molecular weight is 81.1 g/mol. The van der Waals surface area contributed by atoms with Gasteiger partial charge in [0.1, 0.15) is 0 Å². The van der Waals surface area contributed by atoms with E-state index in [0.29, 0.717) is 11.8 Å². The Morgan fingerprint density at radius 1 is 1.83 bits per heavy atom. The number of hydrogen-bond acceptors (Lipinski definition) is 1. The van der Waals surface area contributed by atoms with E-state index in [1.165, 1.54) is 0 Å². The topological polar surface area (TPSA) is 23.8 Å². The van der Waals surface area contributed by atoms with Crippen LogP contribution in [0, 0.1) is 23.2 Å². The monoisotopic (exact) mass is 81.1 g/mol. The molecule has 0 aromatic heterocycles. The smallest absolute Gasteiger partial charge is 0.0658 e. The molecular weight excluding hydrogens is 74.1 g/mol. The Balaban J connectivity index is 2.31. The zero-order valence-electron chi connectivity index (χ0n) is 3.81. The van der Waals surface area contributed by atoms with E-state index in [1.807, 2.05) is 0 Å². The summed E-state index contributed by atoms with van der Waals surface area (Å²) >= 11 is 0. The van der Waals surface area contributed by atoms with Gasteiger partial charge in [0.2, 0.25) is 0 Å². The number of rotatable bonds is 0. The van der Waals surface area contributed by atoms with Crippen molar-refractivity contribution in [3.63, 3.8) is 0 Å². The molecule has 1 unspecified atom stereocenters. The van der Waals surface area contributed by atoms with Gasteiger partial charge in [-0.25, -0.2) is 0 Å². The third-order valence-electron chi connectivity index (χ3n) is 1.28. The first-order valence-corrected chi connectivity index (χ1v) is 2.24. The minimum atomic E-state index is 0.407. The van der Waals surface area contributed by atoms with Crippen molar-refractivity contribution in [3.05, 3.63) is 0 Å². The average Bonchev–Trinajstić information content (AvgIpc) is 2.19. The van der Waals surface area contributed by atoms with Crippen molar-refractivity contribution >= 4 is 0 Å². The summed E-state index contributed by atoms with van der Waals surface area (Å²) in [4.78, 5) is 0. The lowest BCUT2D eigenvalue weighted by molar-refractivity contribution is 0.908. The van der Waals surface area contributed by atoms with Gasteiger partial charge in [-0.05, 0) is 12.3 Å². The SMILES string of the molecule is C[C@@H]1CC1C#N. The van der Waals surface area contributed by atoms with Crippen molar-refractivity contribution in [3.8, 4) is 6.07 Å². The molecule has 0 spiro atoms. The highest BCUT2D eigenvalue weighted by molar-refractivity contribution is 4.98. The number of nitrogens with zero attached hydrogens (tertiary/aromatic N) is 1. The van der Waals surface area contributed by atoms with E-state index in [2.05, 4.69) is 13.0 Å². The predicted octanol–water partition coefficient (Wildman–Crippen LogP) is 1.17. The second kappa shape index (κ2) is 0.975. The Hall–Kier alpha value is -0.510. The molecule has 1 fully saturated rings. The fourth-order valence-electron chi connectivity index (χ4n) is 0.502. The Labute approximate surface area is 37.6 Å². The maximum absolute atomic E-state index is 8.13. The van der Waals surface area contributed by atoms with E-state index in [9.17, 15) is 0 Å². The van der Waals surface area contributed by atoms with Crippen molar-refractivity contribution in [1.82, 2.24) is 0 Å². The lowest BCUT2D eigenvalue weighted by Gasteiger charge is -1.64. The quantitative estimate of drug-likeness (QED) is 0.429. The molecule has 1 nitrogen and oxygen atoms in total. The van der Waals surface area contributed by atoms with E-state index in [1.54, 1.807) is 0 Å². The maximum atomic E-state index is 8.13. The van der Waals surface area contributed by atoms with E-state index >= 15 is 0 Å². The molecule has 0 aliphatic heterocycles. The van der Waals surface area contributed by atoms with E-state index < -0.39 is 0 Å². The first-order valence-electron chi connectivity index (χ1n) is 2.24. The maximum Gasteiger partial charge on any atom is 0.0658 e. The van der Waals surface area contributed by atoms with Crippen LogP contribution in [0.4, 0.5) is 0 Å². The van der Waals surface area contributed by atoms with E-state index in [4.69, 9.17) is 5.26 Å². The van der Waals surface area contributed by atoms with Gasteiger partial charge in [-0.15, -0.1) is 0 Å². The zero-order chi connectivity index (χ0) is 4.57. The van der Waals surface area contributed by atoms with Gasteiger partial charge in [0.25, 0.3) is 0 Å². The van der Waals surface area contributed by atoms with Gasteiger partial charge in [-0.2, -0.15) is 5.26 Å². The molecule has 6 heavy (non-hydrogen) atoms. The summed E-state index contributed by atoms with van der Waals surface area (Å²) < 4.78 is 0. The van der Waals surface area contributed by atoms with Gasteiger partial charge in [0, 0.05) is 5.92 Å². The normalized spacial score (nSPS) is 41.3. The predicted molar refractivity (Wildman–Crippen MR) is 22.9 cm³/mol. The fraction of sp³-hybridized carbons (Fsp3) is 0.800. The lowest BCUT2D eigenvalue weighted by Crippen LogP contribution is -1.63. The van der Waals surface area contributed by atoms with Gasteiger partial charge in [-0.3, -0.25) is 0 Å². The molecule has 0 saturated heterocycles. The number of nitriles is 1. The minimum absolute atomic E-state index is 0.407. The molecule has 0 aromatic carbocycles. The molecular formula is C5H7N. The summed E-state index contributed by atoms with van der Waals surface area (Å²) in [5, 5.41) is 8.13. The largest absolute Gasteiger partial charge is 0.198 e. The Morgan fingerprint density at radius 2 is 2.33 bits per heavy atom. The fourth-order valence-corrected chi connectivity index (χ4v) is 0.502. The highest BCUT2D eigenvalue weighted by atomic mass is 14.4. The summed E-state index contributed by atoms with van der Waals surface area (Å²) in [6.45, 7) is 2.11. The van der Waals surface area contributed by atoms with Crippen molar-refractivity contribution < 1.29 is 0 Å². The molecule has 0 aromatic rings. The molecule has 0 amide bonds. The molecule has 1 rings (SSSR count). The molecule has 0 radical (unpaired) electrons. The molecule has 0 heterocycles. The lowest BCUT2D eigenvalue weighted by atomic mass is 10.4. The van der Waals surface area contributed by atoms with Gasteiger partial charge in [0.15, 0.2) is 0 Å². The highest BCUT2D eigenvalue weighted by Crippen LogP contribution is 2.36. The van der Waals surface area contributed by atoms with Crippen molar-refractivity contribution in [1.29, 1.82) is 5.26 Å². The molecule has 1 heteroatoms. The summed E-state index contributed by atoms with van der Waals surface area (Å²) in [7, 11) is 0. The Bertz CT molecular complexity index is 90.6. The van der Waals surface area contributed by atoms with Crippen molar-refractivity contribution in [2.24, 2.45) is 11.8 Å². The van der Waals surface area contributed by atoms with E-state index in [0.717, 1.165) is 6.42 Å². The molecule has 1 saturated carbocycles. The summed E-state index contributed by atoms with van der Waals surface area (Å²) in [5.41, 5.74) is 0. The van der Waals surface area contributed by atoms with Crippen LogP contribution in [0.3, 0.4) is 0 Å². The molecule has 0 bridgehead atoms. The summed E-state index contributed by atoms with van der Waals surface area (Å²) in [6, 6.07) is 2.19. The Morgan fingerprint density at radius 3 is 2.33 bits per heavy atom. The highest BCUT2D eigenvalue weighted by Gasteiger charge is 2.31. The Kier molecular flexibility index (Phi) is 0.597. The van der Waals surface area contributed by atoms with E-state index in [-0.39, 0.29) is 0 Å². The molecule has 2 atom stereocenters. The van der Waals surface area contributed by atoms with Crippen LogP contribution in [0.15, 0.2) is 0 Å². The van der Waals surface area contributed by atoms with Crippen LogP contribution in [0.2, 0.25) is 0 Å². The third kappa shape index (κ3) is 0.386. The second-order valence-electron chi connectivity index (χ2n) is 1.95. The van der Waals surface area contributed by atoms with Gasteiger partial charge >= 0.3 is 0 Å². The van der Waals surface area contributed by atoms with Crippen LogP contribution in [-0.2, 0) is 0 Å². The second-order valence-corrected chi connectivity index (χ2v) is 1.95. The zero-order valence-corrected chi connectivity index (χ0v) is 3.81. The summed E-state index contributed by atoms with van der Waals surface area (Å²) in [6.07, 6.45) is 1.14. The first kappa shape index (κ1) is 3.67. The molecule has 0 N–H and O–H groups in total. The van der Waals surface area contributed by atoms with Crippen LogP contribution in [0.1, 0.15) is 13.3 Å². The van der Waals surface area contributed by atoms with Gasteiger partial charge in [-0.1, -0.05) is 6.92 Å². The van der Waals surface area contributed by atoms with Crippen LogP contribution in [0.5, 0.6) is 0 Å². The molecule has 1 aliphatic carbocycles. The molecule has 32 valence electrons. The van der Waals surface area contributed by atoms with Gasteiger partial charge < -0.3 is 0 Å². The minimum Gasteiger partial charge on any atom is -0.198 e. The van der Waals surface area contributed by atoms with Crippen LogP contribution >= 0.6 is 0 Å². The number of hydrogen-bond donors (Lipinski definition) is 0. The first-order chi connectivity index (χ1) is 2.84.